The third kappa shape index (κ3) is 5.35. The number of hydrogen-bond acceptors (Lipinski definition) is 4. The van der Waals surface area contributed by atoms with Gasteiger partial charge in [-0.3, -0.25) is 4.79 Å². The Labute approximate surface area is 108 Å². The minimum Gasteiger partial charge on any atom is -0.409 e. The van der Waals surface area contributed by atoms with Crippen LogP contribution in [0.3, 0.4) is 0 Å². The molecule has 0 aliphatic rings. The number of aliphatic hydroxyl groups is 1. The highest BCUT2D eigenvalue weighted by Gasteiger charge is 2.29. The molecule has 0 bridgehead atoms. The van der Waals surface area contributed by atoms with Gasteiger partial charge in [-0.05, 0) is 25.2 Å². The van der Waals surface area contributed by atoms with Crippen LogP contribution < -0.4 is 5.73 Å². The number of carbonyl (C=O) groups excluding carboxylic acids is 1. The molecule has 0 spiro atoms. The molecule has 0 aliphatic heterocycles. The quantitative estimate of drug-likeness (QED) is 0.196. The summed E-state index contributed by atoms with van der Waals surface area (Å²) < 4.78 is 0. The Hall–Kier alpha value is -1.30. The lowest BCUT2D eigenvalue weighted by molar-refractivity contribution is -0.133. The average molecular weight is 259 g/mol. The Morgan fingerprint density at radius 2 is 1.94 bits per heavy atom. The second-order valence-corrected chi connectivity index (χ2v) is 4.79. The summed E-state index contributed by atoms with van der Waals surface area (Å²) >= 11 is 0. The van der Waals surface area contributed by atoms with Gasteiger partial charge in [0.05, 0.1) is 0 Å². The number of oxime groups is 1. The topological polar surface area (TPSA) is 99.2 Å². The number of amidine groups is 1. The Balaban J connectivity index is 4.40. The molecular weight excluding hydrogens is 234 g/mol. The van der Waals surface area contributed by atoms with Crippen molar-refractivity contribution in [1.82, 2.24) is 4.90 Å². The van der Waals surface area contributed by atoms with Crippen LogP contribution in [-0.2, 0) is 4.79 Å². The van der Waals surface area contributed by atoms with E-state index < -0.39 is 5.92 Å². The molecule has 0 heterocycles. The third-order valence-corrected chi connectivity index (χ3v) is 2.89. The first-order chi connectivity index (χ1) is 8.45. The number of nitrogens with zero attached hydrogens (tertiary/aromatic N) is 2. The minimum absolute atomic E-state index is 0.0201. The lowest BCUT2D eigenvalue weighted by Crippen LogP contribution is -2.43. The molecule has 0 saturated heterocycles. The fraction of sp³-hybridized carbons (Fsp3) is 0.833. The molecule has 6 heteroatoms. The van der Waals surface area contributed by atoms with E-state index in [4.69, 9.17) is 16.0 Å². The van der Waals surface area contributed by atoms with Gasteiger partial charge in [-0.1, -0.05) is 19.0 Å². The van der Waals surface area contributed by atoms with Crippen molar-refractivity contribution in [1.29, 1.82) is 0 Å². The van der Waals surface area contributed by atoms with Crippen molar-refractivity contribution in [2.45, 2.75) is 33.1 Å². The van der Waals surface area contributed by atoms with Gasteiger partial charge in [0, 0.05) is 20.2 Å². The summed E-state index contributed by atoms with van der Waals surface area (Å²) in [6.45, 7) is 4.51. The highest BCUT2D eigenvalue weighted by molar-refractivity contribution is 6.02. The highest BCUT2D eigenvalue weighted by atomic mass is 16.4. The summed E-state index contributed by atoms with van der Waals surface area (Å²) in [6.07, 6.45) is 2.46. The van der Waals surface area contributed by atoms with Gasteiger partial charge in [-0.25, -0.2) is 0 Å². The third-order valence-electron chi connectivity index (χ3n) is 2.89. The van der Waals surface area contributed by atoms with Gasteiger partial charge in [0.25, 0.3) is 0 Å². The second-order valence-electron chi connectivity index (χ2n) is 4.79. The molecule has 0 aromatic rings. The summed E-state index contributed by atoms with van der Waals surface area (Å²) in [4.78, 5) is 13.8. The molecule has 0 aromatic heterocycles. The lowest BCUT2D eigenvalue weighted by Gasteiger charge is -2.25. The average Bonchev–Trinajstić information content (AvgIpc) is 2.33. The van der Waals surface area contributed by atoms with E-state index >= 15 is 0 Å². The van der Waals surface area contributed by atoms with Gasteiger partial charge < -0.3 is 20.9 Å². The number of hydrogen-bond donors (Lipinski definition) is 3. The van der Waals surface area contributed by atoms with E-state index in [2.05, 4.69) is 5.16 Å². The molecule has 0 aliphatic carbocycles. The predicted molar refractivity (Wildman–Crippen MR) is 70.3 cm³/mol. The number of rotatable bonds is 8. The van der Waals surface area contributed by atoms with Crippen LogP contribution in [0.15, 0.2) is 5.16 Å². The van der Waals surface area contributed by atoms with Gasteiger partial charge in [-0.2, -0.15) is 0 Å². The van der Waals surface area contributed by atoms with Crippen LogP contribution in [0.5, 0.6) is 0 Å². The van der Waals surface area contributed by atoms with Crippen molar-refractivity contribution in [2.75, 3.05) is 20.2 Å². The van der Waals surface area contributed by atoms with Crippen LogP contribution in [0.2, 0.25) is 0 Å². The monoisotopic (exact) mass is 259 g/mol. The van der Waals surface area contributed by atoms with Crippen LogP contribution in [-0.4, -0.2) is 47.2 Å². The molecular formula is C12H25N3O3. The number of nitrogens with two attached hydrogens (primary N) is 1. The van der Waals surface area contributed by atoms with Crippen LogP contribution >= 0.6 is 0 Å². The van der Waals surface area contributed by atoms with Gasteiger partial charge in [0.15, 0.2) is 5.84 Å². The van der Waals surface area contributed by atoms with E-state index in [0.717, 1.165) is 19.3 Å². The summed E-state index contributed by atoms with van der Waals surface area (Å²) in [7, 11) is 1.71. The van der Waals surface area contributed by atoms with Gasteiger partial charge >= 0.3 is 0 Å². The maximum Gasteiger partial charge on any atom is 0.233 e. The van der Waals surface area contributed by atoms with Gasteiger partial charge in [-0.15, -0.1) is 0 Å². The molecule has 106 valence electrons. The number of amides is 1. The predicted octanol–water partition coefficient (Wildman–Crippen LogP) is 0.626. The Kier molecular flexibility index (Phi) is 8.11. The summed E-state index contributed by atoms with van der Waals surface area (Å²) in [5.74, 6) is -0.785. The van der Waals surface area contributed by atoms with Crippen LogP contribution in [0.25, 0.3) is 0 Å². The summed E-state index contributed by atoms with van der Waals surface area (Å²) in [6, 6.07) is 0. The first kappa shape index (κ1) is 16.7. The fourth-order valence-electron chi connectivity index (χ4n) is 1.80. The number of aliphatic hydroxyl groups excluding tert-OH is 1. The van der Waals surface area contributed by atoms with Crippen molar-refractivity contribution in [3.63, 3.8) is 0 Å². The van der Waals surface area contributed by atoms with Crippen molar-refractivity contribution >= 4 is 11.7 Å². The Morgan fingerprint density at radius 3 is 2.39 bits per heavy atom. The molecule has 0 radical (unpaired) electrons. The molecule has 4 N–H and O–H groups in total. The zero-order chi connectivity index (χ0) is 14.1. The van der Waals surface area contributed by atoms with Crippen molar-refractivity contribution in [3.8, 4) is 0 Å². The zero-order valence-electron chi connectivity index (χ0n) is 11.5. The molecule has 0 fully saturated rings. The molecule has 1 amide bonds. The highest BCUT2D eigenvalue weighted by Crippen LogP contribution is 2.14. The second kappa shape index (κ2) is 8.74. The van der Waals surface area contributed by atoms with E-state index in [1.165, 1.54) is 0 Å². The fourth-order valence-corrected chi connectivity index (χ4v) is 1.80. The van der Waals surface area contributed by atoms with E-state index in [1.54, 1.807) is 11.9 Å². The number of unbranched alkanes of at least 4 members (excludes halogenated alkanes) is 2. The lowest BCUT2D eigenvalue weighted by atomic mass is 9.93. The number of carbonyl (C=O) groups is 1. The molecule has 1 atom stereocenters. The van der Waals surface area contributed by atoms with E-state index in [9.17, 15) is 4.79 Å². The Bertz CT molecular complexity index is 280. The Morgan fingerprint density at radius 1 is 1.33 bits per heavy atom. The van der Waals surface area contributed by atoms with E-state index in [0.29, 0.717) is 6.54 Å². The summed E-state index contributed by atoms with van der Waals surface area (Å²) in [5, 5.41) is 20.3. The van der Waals surface area contributed by atoms with Crippen LogP contribution in [0.4, 0.5) is 0 Å². The first-order valence-corrected chi connectivity index (χ1v) is 6.29. The largest absolute Gasteiger partial charge is 0.409 e. The van der Waals surface area contributed by atoms with Crippen molar-refractivity contribution < 1.29 is 15.1 Å². The van der Waals surface area contributed by atoms with Gasteiger partial charge in [0.2, 0.25) is 5.91 Å². The summed E-state index contributed by atoms with van der Waals surface area (Å²) in [5.41, 5.74) is 5.55. The molecule has 0 aromatic carbocycles. The van der Waals surface area contributed by atoms with Crippen LogP contribution in [0.1, 0.15) is 33.1 Å². The minimum atomic E-state index is -0.585. The van der Waals surface area contributed by atoms with Gasteiger partial charge in [0.1, 0.15) is 5.92 Å². The maximum absolute atomic E-state index is 12.2. The maximum atomic E-state index is 12.2. The smallest absolute Gasteiger partial charge is 0.233 e. The molecule has 6 nitrogen and oxygen atoms in total. The molecule has 18 heavy (non-hydrogen) atoms. The normalized spacial score (nSPS) is 13.7. The zero-order valence-corrected chi connectivity index (χ0v) is 11.5. The SMILES string of the molecule is CC(C)C(C(=O)N(C)CCCCCO)C(N)=NO. The first-order valence-electron chi connectivity index (χ1n) is 6.29. The van der Waals surface area contributed by atoms with Crippen molar-refractivity contribution in [3.05, 3.63) is 0 Å². The molecule has 0 rings (SSSR count). The van der Waals surface area contributed by atoms with Crippen LogP contribution in [0, 0.1) is 11.8 Å². The molecule has 0 saturated carbocycles. The van der Waals surface area contributed by atoms with Crippen molar-refractivity contribution in [2.24, 2.45) is 22.7 Å². The van der Waals surface area contributed by atoms with E-state index in [1.807, 2.05) is 13.8 Å². The standard InChI is InChI=1S/C12H25N3O3/c1-9(2)10(11(13)14-18)12(17)15(3)7-5-4-6-8-16/h9-10,16,18H,4-8H2,1-3H3,(H2,13,14). The molecule has 1 unspecified atom stereocenters. The van der Waals surface area contributed by atoms with E-state index in [-0.39, 0.29) is 24.3 Å².